The number of likely N-dealkylation sites (tertiary alicyclic amines) is 1. The summed E-state index contributed by atoms with van der Waals surface area (Å²) >= 11 is 0. The van der Waals surface area contributed by atoms with Crippen LogP contribution in [0.1, 0.15) is 37.3 Å². The highest BCUT2D eigenvalue weighted by molar-refractivity contribution is 5.89. The Morgan fingerprint density at radius 1 is 1.35 bits per heavy atom. The van der Waals surface area contributed by atoms with Gasteiger partial charge in [0.25, 0.3) is 0 Å². The molecule has 0 radical (unpaired) electrons. The average Bonchev–Trinajstić information content (AvgIpc) is 3.12. The van der Waals surface area contributed by atoms with Crippen LogP contribution < -0.4 is 4.90 Å². The van der Waals surface area contributed by atoms with E-state index >= 15 is 0 Å². The first-order valence-electron chi connectivity index (χ1n) is 8.41. The number of anilines is 1. The fourth-order valence-corrected chi connectivity index (χ4v) is 3.92. The predicted molar refractivity (Wildman–Crippen MR) is 85.5 cm³/mol. The molecule has 0 bridgehead atoms. The zero-order chi connectivity index (χ0) is 15.9. The summed E-state index contributed by atoms with van der Waals surface area (Å²) in [6.45, 7) is 3.01. The lowest BCUT2D eigenvalue weighted by molar-refractivity contribution is -0.0431. The van der Waals surface area contributed by atoms with Gasteiger partial charge in [-0.25, -0.2) is 9.78 Å². The SMILES string of the molecule is CN1CCC[C@@H]1c1ccnc(N2CC3(CCOCC3)OC2=O)c1. The Kier molecular flexibility index (Phi) is 3.73. The number of pyridine rings is 1. The second-order valence-corrected chi connectivity index (χ2v) is 6.84. The number of rotatable bonds is 2. The summed E-state index contributed by atoms with van der Waals surface area (Å²) < 4.78 is 11.1. The van der Waals surface area contributed by atoms with Gasteiger partial charge in [-0.2, -0.15) is 0 Å². The summed E-state index contributed by atoms with van der Waals surface area (Å²) in [6.07, 6.45) is 5.43. The van der Waals surface area contributed by atoms with Crippen LogP contribution in [0, 0.1) is 0 Å². The van der Waals surface area contributed by atoms with Crippen molar-refractivity contribution in [2.75, 3.05) is 38.3 Å². The van der Waals surface area contributed by atoms with Crippen LogP contribution in [0.3, 0.4) is 0 Å². The Morgan fingerprint density at radius 3 is 2.91 bits per heavy atom. The van der Waals surface area contributed by atoms with E-state index in [9.17, 15) is 4.79 Å². The van der Waals surface area contributed by atoms with Crippen molar-refractivity contribution in [2.45, 2.75) is 37.3 Å². The Labute approximate surface area is 136 Å². The molecule has 0 unspecified atom stereocenters. The molecule has 3 aliphatic heterocycles. The summed E-state index contributed by atoms with van der Waals surface area (Å²) in [6, 6.07) is 4.53. The topological polar surface area (TPSA) is 54.9 Å². The average molecular weight is 317 g/mol. The maximum Gasteiger partial charge on any atom is 0.416 e. The van der Waals surface area contributed by atoms with Gasteiger partial charge in [0.15, 0.2) is 0 Å². The molecule has 6 nitrogen and oxygen atoms in total. The molecule has 124 valence electrons. The number of hydrogen-bond acceptors (Lipinski definition) is 5. The van der Waals surface area contributed by atoms with E-state index in [-0.39, 0.29) is 6.09 Å². The minimum absolute atomic E-state index is 0.281. The van der Waals surface area contributed by atoms with Crippen molar-refractivity contribution in [1.29, 1.82) is 0 Å². The van der Waals surface area contributed by atoms with Crippen molar-refractivity contribution in [1.82, 2.24) is 9.88 Å². The smallest absolute Gasteiger partial charge is 0.416 e. The summed E-state index contributed by atoms with van der Waals surface area (Å²) in [5.41, 5.74) is 0.840. The Balaban J connectivity index is 1.57. The number of ether oxygens (including phenoxy) is 2. The molecule has 1 spiro atoms. The number of amides is 1. The zero-order valence-corrected chi connectivity index (χ0v) is 13.5. The van der Waals surface area contributed by atoms with Gasteiger partial charge in [-0.1, -0.05) is 0 Å². The van der Waals surface area contributed by atoms with E-state index in [1.807, 2.05) is 6.07 Å². The van der Waals surface area contributed by atoms with E-state index in [1.54, 1.807) is 11.1 Å². The van der Waals surface area contributed by atoms with E-state index in [0.717, 1.165) is 25.8 Å². The van der Waals surface area contributed by atoms with Gasteiger partial charge in [0.1, 0.15) is 11.4 Å². The third-order valence-electron chi connectivity index (χ3n) is 5.33. The third-order valence-corrected chi connectivity index (χ3v) is 5.33. The highest BCUT2D eigenvalue weighted by atomic mass is 16.6. The van der Waals surface area contributed by atoms with Gasteiger partial charge in [0.2, 0.25) is 0 Å². The molecule has 0 aliphatic carbocycles. The minimum atomic E-state index is -0.392. The number of carbonyl (C=O) groups excluding carboxylic acids is 1. The molecule has 4 heterocycles. The Morgan fingerprint density at radius 2 is 2.17 bits per heavy atom. The van der Waals surface area contributed by atoms with E-state index in [4.69, 9.17) is 9.47 Å². The number of hydrogen-bond donors (Lipinski definition) is 0. The van der Waals surface area contributed by atoms with Crippen molar-refractivity contribution in [3.8, 4) is 0 Å². The van der Waals surface area contributed by atoms with Crippen LogP contribution in [0.2, 0.25) is 0 Å². The fraction of sp³-hybridized carbons (Fsp3) is 0.647. The monoisotopic (exact) mass is 317 g/mol. The molecule has 0 N–H and O–H groups in total. The van der Waals surface area contributed by atoms with E-state index in [0.29, 0.717) is 31.6 Å². The molecule has 23 heavy (non-hydrogen) atoms. The van der Waals surface area contributed by atoms with Gasteiger partial charge in [0.05, 0.1) is 19.8 Å². The van der Waals surface area contributed by atoms with Crippen molar-refractivity contribution >= 4 is 11.9 Å². The summed E-state index contributed by atoms with van der Waals surface area (Å²) in [5, 5.41) is 0. The number of nitrogens with zero attached hydrogens (tertiary/aromatic N) is 3. The van der Waals surface area contributed by atoms with E-state index < -0.39 is 5.60 Å². The first-order valence-corrected chi connectivity index (χ1v) is 8.41. The lowest BCUT2D eigenvalue weighted by Crippen LogP contribution is -2.40. The molecular weight excluding hydrogens is 294 g/mol. The lowest BCUT2D eigenvalue weighted by atomic mass is 9.94. The van der Waals surface area contributed by atoms with Crippen LogP contribution >= 0.6 is 0 Å². The molecular formula is C17H23N3O3. The van der Waals surface area contributed by atoms with Gasteiger partial charge in [-0.05, 0) is 44.1 Å². The number of carbonyl (C=O) groups is 1. The van der Waals surface area contributed by atoms with Crippen molar-refractivity contribution in [3.63, 3.8) is 0 Å². The van der Waals surface area contributed by atoms with Crippen molar-refractivity contribution < 1.29 is 14.3 Å². The van der Waals surface area contributed by atoms with Gasteiger partial charge in [-0.3, -0.25) is 9.80 Å². The minimum Gasteiger partial charge on any atom is -0.440 e. The molecule has 0 aromatic carbocycles. The zero-order valence-electron chi connectivity index (χ0n) is 13.5. The standard InChI is InChI=1S/C17H23N3O3/c1-19-8-2-3-14(19)13-4-7-18-15(11-13)20-12-17(23-16(20)21)5-9-22-10-6-17/h4,7,11,14H,2-3,5-6,8-10,12H2,1H3/t14-/m1/s1. The molecule has 3 fully saturated rings. The largest absolute Gasteiger partial charge is 0.440 e. The fourth-order valence-electron chi connectivity index (χ4n) is 3.92. The molecule has 0 saturated carbocycles. The first kappa shape index (κ1) is 14.9. The van der Waals surface area contributed by atoms with E-state index in [2.05, 4.69) is 23.0 Å². The quantitative estimate of drug-likeness (QED) is 0.838. The highest BCUT2D eigenvalue weighted by Gasteiger charge is 2.47. The van der Waals surface area contributed by atoms with Crippen LogP contribution in [-0.2, 0) is 9.47 Å². The molecule has 1 amide bonds. The maximum atomic E-state index is 12.4. The van der Waals surface area contributed by atoms with Gasteiger partial charge < -0.3 is 9.47 Å². The molecule has 1 atom stereocenters. The lowest BCUT2D eigenvalue weighted by Gasteiger charge is -2.30. The maximum absolute atomic E-state index is 12.4. The normalized spacial score (nSPS) is 27.6. The molecule has 3 aliphatic rings. The van der Waals surface area contributed by atoms with Crippen LogP contribution in [0.4, 0.5) is 10.6 Å². The summed E-state index contributed by atoms with van der Waals surface area (Å²) in [7, 11) is 2.15. The molecule has 1 aromatic rings. The van der Waals surface area contributed by atoms with Crippen molar-refractivity contribution in [3.05, 3.63) is 23.9 Å². The van der Waals surface area contributed by atoms with Crippen LogP contribution in [0.5, 0.6) is 0 Å². The van der Waals surface area contributed by atoms with Crippen molar-refractivity contribution in [2.24, 2.45) is 0 Å². The Hall–Kier alpha value is -1.66. The molecule has 3 saturated heterocycles. The molecule has 6 heteroatoms. The second kappa shape index (κ2) is 5.76. The number of aromatic nitrogens is 1. The van der Waals surface area contributed by atoms with Crippen LogP contribution in [-0.4, -0.2) is 54.9 Å². The van der Waals surface area contributed by atoms with Gasteiger partial charge in [0, 0.05) is 25.1 Å². The molecule has 1 aromatic heterocycles. The van der Waals surface area contributed by atoms with Gasteiger partial charge >= 0.3 is 6.09 Å². The first-order chi connectivity index (χ1) is 11.2. The van der Waals surface area contributed by atoms with E-state index in [1.165, 1.54) is 12.0 Å². The third kappa shape index (κ3) is 2.70. The van der Waals surface area contributed by atoms with Crippen LogP contribution in [0.25, 0.3) is 0 Å². The molecule has 4 rings (SSSR count). The summed E-state index contributed by atoms with van der Waals surface area (Å²) in [4.78, 5) is 20.8. The second-order valence-electron chi connectivity index (χ2n) is 6.84. The Bertz CT molecular complexity index is 601. The van der Waals surface area contributed by atoms with Gasteiger partial charge in [-0.15, -0.1) is 0 Å². The summed E-state index contributed by atoms with van der Waals surface area (Å²) in [5.74, 6) is 0.705. The highest BCUT2D eigenvalue weighted by Crippen LogP contribution is 2.36. The predicted octanol–water partition coefficient (Wildman–Crippen LogP) is 2.35. The van der Waals surface area contributed by atoms with Crippen LogP contribution in [0.15, 0.2) is 18.3 Å².